The van der Waals surface area contributed by atoms with Gasteiger partial charge in [0.2, 0.25) is 0 Å². The predicted octanol–water partition coefficient (Wildman–Crippen LogP) is 0.474. The number of nitrogens with zero attached hydrogens (tertiary/aromatic N) is 2. The maximum Gasteiger partial charge on any atom is 0.316 e. The highest BCUT2D eigenvalue weighted by atomic mass is 16.2. The van der Waals surface area contributed by atoms with Gasteiger partial charge in [0.25, 0.3) is 0 Å². The number of piperidine rings is 1. The first-order valence-corrected chi connectivity index (χ1v) is 7.09. The minimum atomic E-state index is -0.0117. The SMILES string of the molecule is CN(C)C(=O)NCCNC1CCN2CCCC2C1. The Balaban J connectivity index is 1.58. The lowest BCUT2D eigenvalue weighted by molar-refractivity contribution is 0.167. The van der Waals surface area contributed by atoms with Gasteiger partial charge in [0, 0.05) is 39.3 Å². The molecule has 0 aromatic carbocycles. The molecule has 104 valence electrons. The summed E-state index contributed by atoms with van der Waals surface area (Å²) >= 11 is 0. The van der Waals surface area contributed by atoms with Crippen molar-refractivity contribution in [1.29, 1.82) is 0 Å². The summed E-state index contributed by atoms with van der Waals surface area (Å²) < 4.78 is 0. The number of hydrogen-bond acceptors (Lipinski definition) is 3. The molecule has 2 amide bonds. The third-order valence-corrected chi connectivity index (χ3v) is 4.06. The van der Waals surface area contributed by atoms with Gasteiger partial charge in [-0.2, -0.15) is 0 Å². The molecule has 0 aromatic heterocycles. The summed E-state index contributed by atoms with van der Waals surface area (Å²) in [6.45, 7) is 4.13. The summed E-state index contributed by atoms with van der Waals surface area (Å²) in [5, 5.41) is 6.45. The van der Waals surface area contributed by atoms with Crippen LogP contribution in [0.2, 0.25) is 0 Å². The number of carbonyl (C=O) groups excluding carboxylic acids is 1. The number of urea groups is 1. The predicted molar refractivity (Wildman–Crippen MR) is 72.7 cm³/mol. The molecule has 2 N–H and O–H groups in total. The van der Waals surface area contributed by atoms with Crippen LogP contribution in [-0.2, 0) is 0 Å². The molecule has 18 heavy (non-hydrogen) atoms. The Bertz CT molecular complexity index is 282. The standard InChI is InChI=1S/C13H26N4O/c1-16(2)13(18)15-7-6-14-11-5-9-17-8-3-4-12(17)10-11/h11-12,14H,3-10H2,1-2H3,(H,15,18). The zero-order valence-electron chi connectivity index (χ0n) is 11.6. The van der Waals surface area contributed by atoms with E-state index in [1.807, 2.05) is 0 Å². The van der Waals surface area contributed by atoms with Crippen LogP contribution in [0.4, 0.5) is 4.79 Å². The van der Waals surface area contributed by atoms with E-state index in [0.717, 1.165) is 12.6 Å². The van der Waals surface area contributed by atoms with Crippen LogP contribution in [-0.4, -0.2) is 68.2 Å². The lowest BCUT2D eigenvalue weighted by Crippen LogP contribution is -2.47. The Kier molecular flexibility index (Phi) is 4.83. The molecule has 0 radical (unpaired) electrons. The van der Waals surface area contributed by atoms with E-state index >= 15 is 0 Å². The molecule has 0 aliphatic carbocycles. The second-order valence-electron chi connectivity index (χ2n) is 5.63. The first-order valence-electron chi connectivity index (χ1n) is 7.09. The van der Waals surface area contributed by atoms with Gasteiger partial charge in [-0.15, -0.1) is 0 Å². The molecule has 5 nitrogen and oxygen atoms in total. The van der Waals surface area contributed by atoms with Gasteiger partial charge in [-0.25, -0.2) is 4.79 Å². The van der Waals surface area contributed by atoms with Crippen LogP contribution < -0.4 is 10.6 Å². The van der Waals surface area contributed by atoms with Crippen molar-refractivity contribution in [2.75, 3.05) is 40.3 Å². The molecule has 2 saturated heterocycles. The average Bonchev–Trinajstić information content (AvgIpc) is 2.81. The van der Waals surface area contributed by atoms with E-state index in [2.05, 4.69) is 15.5 Å². The van der Waals surface area contributed by atoms with Crippen molar-refractivity contribution in [1.82, 2.24) is 20.4 Å². The number of hydrogen-bond donors (Lipinski definition) is 2. The molecule has 5 heteroatoms. The first-order chi connectivity index (χ1) is 8.66. The van der Waals surface area contributed by atoms with E-state index in [1.54, 1.807) is 19.0 Å². The molecule has 2 rings (SSSR count). The third-order valence-electron chi connectivity index (χ3n) is 4.06. The minimum absolute atomic E-state index is 0.0117. The summed E-state index contributed by atoms with van der Waals surface area (Å²) in [6, 6.07) is 1.44. The maximum absolute atomic E-state index is 11.3. The fourth-order valence-electron chi connectivity index (χ4n) is 3.01. The third kappa shape index (κ3) is 3.59. The van der Waals surface area contributed by atoms with Crippen LogP contribution in [0.5, 0.6) is 0 Å². The molecule has 2 aliphatic heterocycles. The van der Waals surface area contributed by atoms with E-state index in [-0.39, 0.29) is 6.03 Å². The van der Waals surface area contributed by atoms with E-state index in [1.165, 1.54) is 38.8 Å². The topological polar surface area (TPSA) is 47.6 Å². The molecule has 2 fully saturated rings. The summed E-state index contributed by atoms with van der Waals surface area (Å²) in [5.41, 5.74) is 0. The molecule has 2 unspecified atom stereocenters. The average molecular weight is 254 g/mol. The van der Waals surface area contributed by atoms with Gasteiger partial charge in [0.15, 0.2) is 0 Å². The van der Waals surface area contributed by atoms with E-state index in [4.69, 9.17) is 0 Å². The normalized spacial score (nSPS) is 27.9. The summed E-state index contributed by atoms with van der Waals surface area (Å²) in [4.78, 5) is 15.5. The molecule has 0 spiro atoms. The highest BCUT2D eigenvalue weighted by Crippen LogP contribution is 2.26. The Morgan fingerprint density at radius 1 is 1.28 bits per heavy atom. The molecule has 0 aromatic rings. The van der Waals surface area contributed by atoms with Crippen LogP contribution >= 0.6 is 0 Å². The van der Waals surface area contributed by atoms with Crippen molar-refractivity contribution in [3.63, 3.8) is 0 Å². The zero-order valence-corrected chi connectivity index (χ0v) is 11.6. The van der Waals surface area contributed by atoms with Gasteiger partial charge in [0.1, 0.15) is 0 Å². The van der Waals surface area contributed by atoms with Crippen LogP contribution in [0.1, 0.15) is 25.7 Å². The van der Waals surface area contributed by atoms with Crippen molar-refractivity contribution in [2.45, 2.75) is 37.8 Å². The van der Waals surface area contributed by atoms with Crippen molar-refractivity contribution >= 4 is 6.03 Å². The van der Waals surface area contributed by atoms with E-state index in [9.17, 15) is 4.79 Å². The first kappa shape index (κ1) is 13.6. The van der Waals surface area contributed by atoms with Gasteiger partial charge in [-0.1, -0.05) is 0 Å². The van der Waals surface area contributed by atoms with Gasteiger partial charge >= 0.3 is 6.03 Å². The van der Waals surface area contributed by atoms with Crippen LogP contribution in [0.3, 0.4) is 0 Å². The largest absolute Gasteiger partial charge is 0.337 e. The molecule has 0 saturated carbocycles. The van der Waals surface area contributed by atoms with E-state index < -0.39 is 0 Å². The fourth-order valence-corrected chi connectivity index (χ4v) is 3.01. The van der Waals surface area contributed by atoms with Gasteiger partial charge in [0.05, 0.1) is 0 Å². The second-order valence-corrected chi connectivity index (χ2v) is 5.63. The highest BCUT2D eigenvalue weighted by molar-refractivity contribution is 5.73. The van der Waals surface area contributed by atoms with Crippen LogP contribution in [0.15, 0.2) is 0 Å². The highest BCUT2D eigenvalue weighted by Gasteiger charge is 2.31. The molecule has 2 atom stereocenters. The second kappa shape index (κ2) is 6.38. The van der Waals surface area contributed by atoms with Crippen LogP contribution in [0, 0.1) is 0 Å². The number of fused-ring (bicyclic) bond motifs is 1. The van der Waals surface area contributed by atoms with Crippen LogP contribution in [0.25, 0.3) is 0 Å². The summed E-state index contributed by atoms with van der Waals surface area (Å²) in [5.74, 6) is 0. The number of nitrogens with one attached hydrogen (secondary N) is 2. The lowest BCUT2D eigenvalue weighted by Gasteiger charge is -2.35. The summed E-state index contributed by atoms with van der Waals surface area (Å²) in [6.07, 6.45) is 5.27. The van der Waals surface area contributed by atoms with E-state index in [0.29, 0.717) is 12.6 Å². The van der Waals surface area contributed by atoms with Gasteiger partial charge < -0.3 is 20.4 Å². The van der Waals surface area contributed by atoms with Gasteiger partial charge in [-0.3, -0.25) is 0 Å². The Labute approximate surface area is 110 Å². The number of carbonyl (C=O) groups is 1. The molecular formula is C13H26N4O. The van der Waals surface area contributed by atoms with Crippen molar-refractivity contribution in [3.05, 3.63) is 0 Å². The Morgan fingerprint density at radius 2 is 2.11 bits per heavy atom. The molecule has 2 heterocycles. The quantitative estimate of drug-likeness (QED) is 0.717. The van der Waals surface area contributed by atoms with Crippen molar-refractivity contribution in [2.24, 2.45) is 0 Å². The number of rotatable bonds is 4. The Hall–Kier alpha value is -0.810. The minimum Gasteiger partial charge on any atom is -0.337 e. The van der Waals surface area contributed by atoms with Gasteiger partial charge in [-0.05, 0) is 38.8 Å². The van der Waals surface area contributed by atoms with Crippen molar-refractivity contribution in [3.8, 4) is 0 Å². The smallest absolute Gasteiger partial charge is 0.316 e. The summed E-state index contributed by atoms with van der Waals surface area (Å²) in [7, 11) is 3.52. The zero-order chi connectivity index (χ0) is 13.0. The number of amides is 2. The monoisotopic (exact) mass is 254 g/mol. The van der Waals surface area contributed by atoms with Crippen molar-refractivity contribution < 1.29 is 4.79 Å². The Morgan fingerprint density at radius 3 is 2.89 bits per heavy atom. The molecule has 0 bridgehead atoms. The fraction of sp³-hybridized carbons (Fsp3) is 0.923. The lowest BCUT2D eigenvalue weighted by atomic mass is 9.98. The molecular weight excluding hydrogens is 228 g/mol. The molecule has 2 aliphatic rings. The maximum atomic E-state index is 11.3.